The van der Waals surface area contributed by atoms with Crippen molar-refractivity contribution >= 4 is 50.9 Å². The fourth-order valence-corrected chi connectivity index (χ4v) is 4.92. The van der Waals surface area contributed by atoms with Crippen molar-refractivity contribution in [2.45, 2.75) is 25.8 Å². The van der Waals surface area contributed by atoms with E-state index in [1.807, 2.05) is 30.3 Å². The highest BCUT2D eigenvalue weighted by atomic mass is 35.5. The van der Waals surface area contributed by atoms with E-state index in [0.717, 1.165) is 39.5 Å². The molecule has 1 amide bonds. The Morgan fingerprint density at radius 2 is 1.83 bits per heavy atom. The van der Waals surface area contributed by atoms with Crippen molar-refractivity contribution in [3.8, 4) is 11.1 Å². The number of fused-ring (bicyclic) bond motifs is 3. The molecule has 145 valence electrons. The molecule has 1 saturated carbocycles. The van der Waals surface area contributed by atoms with Crippen LogP contribution in [0.2, 0.25) is 10.0 Å². The van der Waals surface area contributed by atoms with Gasteiger partial charge in [0.05, 0.1) is 5.52 Å². The molecule has 1 heterocycles. The fraction of sp³-hybridized carbons (Fsp3) is 0.208. The Kier molecular flexibility index (Phi) is 4.53. The van der Waals surface area contributed by atoms with Crippen molar-refractivity contribution in [3.63, 3.8) is 0 Å². The lowest BCUT2D eigenvalue weighted by Crippen LogP contribution is -2.18. The molecule has 5 heteroatoms. The first-order valence-corrected chi connectivity index (χ1v) is 10.5. The largest absolute Gasteiger partial charge is 0.366 e. The summed E-state index contributed by atoms with van der Waals surface area (Å²) in [5.74, 6) is 0.225. The van der Waals surface area contributed by atoms with E-state index in [4.69, 9.17) is 28.9 Å². The maximum Gasteiger partial charge on any atom is 0.249 e. The second kappa shape index (κ2) is 7.08. The third kappa shape index (κ3) is 3.00. The van der Waals surface area contributed by atoms with Crippen LogP contribution in [-0.4, -0.2) is 10.5 Å². The average Bonchev–Trinajstić information content (AvgIpc) is 2.97. The summed E-state index contributed by atoms with van der Waals surface area (Å²) >= 11 is 12.9. The van der Waals surface area contributed by atoms with Gasteiger partial charge in [0.15, 0.2) is 0 Å². The number of nitrogens with two attached hydrogens (primary N) is 1. The van der Waals surface area contributed by atoms with Gasteiger partial charge in [-0.1, -0.05) is 41.8 Å². The molecular formula is C24H19Cl2N2O. The van der Waals surface area contributed by atoms with Crippen molar-refractivity contribution in [1.29, 1.82) is 0 Å². The van der Waals surface area contributed by atoms with Gasteiger partial charge >= 0.3 is 0 Å². The SMILES string of the molecule is NC(=O)c1cccc2c1c1[c]cc(-c3c(Cl)cccc3Cl)cc1n2CC1CCC1. The lowest BCUT2D eigenvalue weighted by Gasteiger charge is -2.26. The Hall–Kier alpha value is -2.49. The maximum atomic E-state index is 12.1. The van der Waals surface area contributed by atoms with Crippen LogP contribution in [0.4, 0.5) is 0 Å². The minimum atomic E-state index is -0.426. The van der Waals surface area contributed by atoms with E-state index < -0.39 is 5.91 Å². The lowest BCUT2D eigenvalue weighted by atomic mass is 9.85. The van der Waals surface area contributed by atoms with E-state index in [2.05, 4.69) is 22.8 Å². The highest BCUT2D eigenvalue weighted by Gasteiger charge is 2.23. The molecule has 0 spiro atoms. The van der Waals surface area contributed by atoms with Crippen LogP contribution in [0.25, 0.3) is 32.9 Å². The van der Waals surface area contributed by atoms with Gasteiger partial charge in [-0.2, -0.15) is 0 Å². The minimum Gasteiger partial charge on any atom is -0.366 e. The van der Waals surface area contributed by atoms with E-state index in [1.54, 1.807) is 6.07 Å². The van der Waals surface area contributed by atoms with Gasteiger partial charge in [0, 0.05) is 44.0 Å². The molecule has 3 aromatic carbocycles. The zero-order chi connectivity index (χ0) is 20.1. The molecule has 1 aliphatic carbocycles. The molecule has 3 nitrogen and oxygen atoms in total. The van der Waals surface area contributed by atoms with Gasteiger partial charge in [0.1, 0.15) is 0 Å². The Balaban J connectivity index is 1.82. The second-order valence-corrected chi connectivity index (χ2v) is 8.53. The molecule has 5 rings (SSSR count). The summed E-state index contributed by atoms with van der Waals surface area (Å²) in [6.45, 7) is 0.912. The average molecular weight is 422 g/mol. The number of benzene rings is 3. The number of rotatable bonds is 4. The van der Waals surface area contributed by atoms with Crippen LogP contribution in [0.5, 0.6) is 0 Å². The first kappa shape index (κ1) is 18.5. The number of carbonyl (C=O) groups excluding carboxylic acids is 1. The molecule has 29 heavy (non-hydrogen) atoms. The zero-order valence-corrected chi connectivity index (χ0v) is 17.2. The van der Waals surface area contributed by atoms with Gasteiger partial charge in [-0.3, -0.25) is 4.79 Å². The third-order valence-electron chi connectivity index (χ3n) is 5.98. The van der Waals surface area contributed by atoms with Crippen LogP contribution in [-0.2, 0) is 6.54 Å². The number of aromatic nitrogens is 1. The summed E-state index contributed by atoms with van der Waals surface area (Å²) in [7, 11) is 0. The summed E-state index contributed by atoms with van der Waals surface area (Å²) in [6.07, 6.45) is 3.74. The van der Waals surface area contributed by atoms with E-state index in [1.165, 1.54) is 19.3 Å². The molecule has 4 aromatic rings. The number of primary amides is 1. The highest BCUT2D eigenvalue weighted by Crippen LogP contribution is 2.40. The van der Waals surface area contributed by atoms with Crippen LogP contribution in [0.1, 0.15) is 29.6 Å². The second-order valence-electron chi connectivity index (χ2n) is 7.72. The summed E-state index contributed by atoms with van der Waals surface area (Å²) in [6, 6.07) is 18.6. The summed E-state index contributed by atoms with van der Waals surface area (Å²) in [4.78, 5) is 12.1. The molecular weight excluding hydrogens is 403 g/mol. The van der Waals surface area contributed by atoms with Gasteiger partial charge in [-0.05, 0) is 66.8 Å². The van der Waals surface area contributed by atoms with Gasteiger partial charge in [-0.15, -0.1) is 0 Å². The Bertz CT molecular complexity index is 1250. The predicted octanol–water partition coefficient (Wildman–Crippen LogP) is 6.47. The third-order valence-corrected chi connectivity index (χ3v) is 6.61. The topological polar surface area (TPSA) is 48.0 Å². The fourth-order valence-electron chi connectivity index (χ4n) is 4.31. The van der Waals surface area contributed by atoms with Crippen LogP contribution in [0, 0.1) is 12.0 Å². The zero-order valence-electron chi connectivity index (χ0n) is 15.7. The molecule has 0 atom stereocenters. The number of nitrogens with zero attached hydrogens (tertiary/aromatic N) is 1. The van der Waals surface area contributed by atoms with Crippen LogP contribution in [0.3, 0.4) is 0 Å². The van der Waals surface area contributed by atoms with E-state index in [9.17, 15) is 4.79 Å². The van der Waals surface area contributed by atoms with Crippen molar-refractivity contribution in [2.75, 3.05) is 0 Å². The molecule has 1 aliphatic rings. The molecule has 1 radical (unpaired) electrons. The first-order valence-electron chi connectivity index (χ1n) is 9.75. The Morgan fingerprint density at radius 1 is 1.10 bits per heavy atom. The number of hydrogen-bond acceptors (Lipinski definition) is 1. The van der Waals surface area contributed by atoms with Crippen molar-refractivity contribution in [3.05, 3.63) is 70.2 Å². The molecule has 0 unspecified atom stereocenters. The van der Waals surface area contributed by atoms with Crippen molar-refractivity contribution < 1.29 is 4.79 Å². The summed E-state index contributed by atoms with van der Waals surface area (Å²) in [5.41, 5.74) is 9.95. The quantitative estimate of drug-likeness (QED) is 0.403. The highest BCUT2D eigenvalue weighted by molar-refractivity contribution is 6.39. The van der Waals surface area contributed by atoms with Crippen LogP contribution < -0.4 is 5.73 Å². The first-order chi connectivity index (χ1) is 14.0. The molecule has 2 N–H and O–H groups in total. The van der Waals surface area contributed by atoms with Crippen LogP contribution >= 0.6 is 23.2 Å². The smallest absolute Gasteiger partial charge is 0.249 e. The van der Waals surface area contributed by atoms with Crippen molar-refractivity contribution in [1.82, 2.24) is 4.57 Å². The minimum absolute atomic E-state index is 0.426. The molecule has 1 aromatic heterocycles. The molecule has 1 fully saturated rings. The monoisotopic (exact) mass is 421 g/mol. The van der Waals surface area contributed by atoms with Crippen molar-refractivity contribution in [2.24, 2.45) is 11.7 Å². The number of carbonyl (C=O) groups is 1. The van der Waals surface area contributed by atoms with Gasteiger partial charge < -0.3 is 10.3 Å². The standard InChI is InChI=1S/C24H19Cl2N2O/c25-18-7-3-8-19(26)22(18)15-10-11-16-21(12-15)28(13-14-4-1-5-14)20-9-2-6-17(23(16)20)24(27)29/h2-3,6-10,12,14H,1,4-5,13H2,(H2,27,29). The molecule has 0 saturated heterocycles. The van der Waals surface area contributed by atoms with E-state index >= 15 is 0 Å². The van der Waals surface area contributed by atoms with Gasteiger partial charge in [-0.25, -0.2) is 0 Å². The maximum absolute atomic E-state index is 12.1. The number of hydrogen-bond donors (Lipinski definition) is 1. The number of amides is 1. The van der Waals surface area contributed by atoms with Gasteiger partial charge in [0.25, 0.3) is 0 Å². The van der Waals surface area contributed by atoms with Gasteiger partial charge in [0.2, 0.25) is 5.91 Å². The summed E-state index contributed by atoms with van der Waals surface area (Å²) < 4.78 is 2.30. The normalized spacial score (nSPS) is 14.4. The Morgan fingerprint density at radius 3 is 2.48 bits per heavy atom. The molecule has 0 aliphatic heterocycles. The Labute approximate surface area is 179 Å². The van der Waals surface area contributed by atoms with Crippen LogP contribution in [0.15, 0.2) is 48.5 Å². The van der Waals surface area contributed by atoms with E-state index in [0.29, 0.717) is 21.5 Å². The predicted molar refractivity (Wildman–Crippen MR) is 120 cm³/mol. The summed E-state index contributed by atoms with van der Waals surface area (Å²) in [5, 5.41) is 2.97. The molecule has 0 bridgehead atoms. The van der Waals surface area contributed by atoms with E-state index in [-0.39, 0.29) is 0 Å². The number of halogens is 2. The lowest BCUT2D eigenvalue weighted by molar-refractivity contribution is 0.100.